The van der Waals surface area contributed by atoms with E-state index in [-0.39, 0.29) is 0 Å². The summed E-state index contributed by atoms with van der Waals surface area (Å²) in [5, 5.41) is 9.55. The summed E-state index contributed by atoms with van der Waals surface area (Å²) in [4.78, 5) is 9.11. The lowest BCUT2D eigenvalue weighted by atomic mass is 9.78. The Bertz CT molecular complexity index is 1200. The summed E-state index contributed by atoms with van der Waals surface area (Å²) in [6, 6.07) is 10.9. The number of pyridine rings is 2. The van der Waals surface area contributed by atoms with Crippen LogP contribution in [0.1, 0.15) is 49.5 Å². The lowest BCUT2D eigenvalue weighted by Crippen LogP contribution is -2.30. The molecule has 2 unspecified atom stereocenters. The van der Waals surface area contributed by atoms with Gasteiger partial charge in [0.2, 0.25) is 0 Å². The Kier molecular flexibility index (Phi) is 3.79. The third-order valence-corrected chi connectivity index (χ3v) is 6.64. The van der Waals surface area contributed by atoms with E-state index in [1.54, 1.807) is 6.33 Å². The van der Waals surface area contributed by atoms with Gasteiger partial charge in [0.25, 0.3) is 0 Å². The third kappa shape index (κ3) is 2.69. The Labute approximate surface area is 169 Å². The molecule has 1 aliphatic heterocycles. The number of hydrogen-bond donors (Lipinski definition) is 0. The summed E-state index contributed by atoms with van der Waals surface area (Å²) in [5.74, 6) is 0.764. The maximum Gasteiger partial charge on any atom is 0.155 e. The molecule has 4 aromatic rings. The van der Waals surface area contributed by atoms with Gasteiger partial charge in [0.1, 0.15) is 12.0 Å². The molecule has 5 heterocycles. The van der Waals surface area contributed by atoms with Crippen molar-refractivity contribution in [2.45, 2.75) is 51.5 Å². The van der Waals surface area contributed by atoms with Gasteiger partial charge >= 0.3 is 0 Å². The summed E-state index contributed by atoms with van der Waals surface area (Å²) in [5.41, 5.74) is 7.52. The molecule has 1 saturated carbocycles. The highest BCUT2D eigenvalue weighted by atomic mass is 15.3. The minimum Gasteiger partial charge on any atom is -0.265 e. The van der Waals surface area contributed by atoms with E-state index in [4.69, 9.17) is 10.1 Å². The van der Waals surface area contributed by atoms with E-state index in [1.807, 2.05) is 23.6 Å². The van der Waals surface area contributed by atoms with E-state index in [9.17, 15) is 0 Å². The Morgan fingerprint density at radius 3 is 2.90 bits per heavy atom. The number of aromatic nitrogens is 6. The minimum absolute atomic E-state index is 0.528. The van der Waals surface area contributed by atoms with Crippen molar-refractivity contribution in [3.63, 3.8) is 0 Å². The SMILES string of the molecule is Cc1cccc(-c2nn3c(c2-c2ccc4ncnn4c2)CCC2CCCCC23)n1. The normalized spacial score (nSPS) is 21.1. The van der Waals surface area contributed by atoms with Crippen LogP contribution in [0.25, 0.3) is 28.2 Å². The monoisotopic (exact) mass is 384 g/mol. The number of rotatable bonds is 2. The molecule has 1 aliphatic carbocycles. The maximum atomic E-state index is 5.20. The summed E-state index contributed by atoms with van der Waals surface area (Å²) in [6.07, 6.45) is 11.2. The highest BCUT2D eigenvalue weighted by Crippen LogP contribution is 2.45. The van der Waals surface area contributed by atoms with E-state index < -0.39 is 0 Å². The van der Waals surface area contributed by atoms with Gasteiger partial charge in [-0.2, -0.15) is 10.2 Å². The average Bonchev–Trinajstić information content (AvgIpc) is 3.37. The third-order valence-electron chi connectivity index (χ3n) is 6.64. The highest BCUT2D eigenvalue weighted by Gasteiger charge is 2.35. The first kappa shape index (κ1) is 16.9. The van der Waals surface area contributed by atoms with Gasteiger partial charge in [-0.1, -0.05) is 18.9 Å². The number of aryl methyl sites for hydroxylation is 1. The van der Waals surface area contributed by atoms with Crippen LogP contribution in [0, 0.1) is 12.8 Å². The molecular weight excluding hydrogens is 360 g/mol. The number of nitrogens with zero attached hydrogens (tertiary/aromatic N) is 6. The van der Waals surface area contributed by atoms with E-state index in [0.717, 1.165) is 40.6 Å². The van der Waals surface area contributed by atoms with Crippen molar-refractivity contribution in [2.75, 3.05) is 0 Å². The fourth-order valence-electron chi connectivity index (χ4n) is 5.27. The molecule has 6 rings (SSSR count). The maximum absolute atomic E-state index is 5.20. The van der Waals surface area contributed by atoms with Crippen LogP contribution in [-0.4, -0.2) is 29.4 Å². The molecule has 2 aliphatic rings. The molecular formula is C23H24N6. The second-order valence-corrected chi connectivity index (χ2v) is 8.41. The van der Waals surface area contributed by atoms with Gasteiger partial charge in [-0.05, 0) is 62.8 Å². The standard InChI is InChI=1S/C23H24N6/c1-15-5-4-7-18(26-15)23-22(17-10-12-21-24-14-25-28(21)13-17)20-11-9-16-6-2-3-8-19(16)29(20)27-23/h4-5,7,10,12-14,16,19H,2-3,6,8-9,11H2,1H3. The molecule has 0 spiro atoms. The average molecular weight is 384 g/mol. The van der Waals surface area contributed by atoms with Crippen molar-refractivity contribution in [2.24, 2.45) is 5.92 Å². The molecule has 0 bridgehead atoms. The molecule has 0 aromatic carbocycles. The molecule has 6 nitrogen and oxygen atoms in total. The topological polar surface area (TPSA) is 60.9 Å². The molecule has 1 fully saturated rings. The molecule has 6 heteroatoms. The van der Waals surface area contributed by atoms with Crippen molar-refractivity contribution >= 4 is 5.65 Å². The van der Waals surface area contributed by atoms with Crippen LogP contribution >= 0.6 is 0 Å². The second kappa shape index (κ2) is 6.51. The fraction of sp³-hybridized carbons (Fsp3) is 0.391. The summed E-state index contributed by atoms with van der Waals surface area (Å²) < 4.78 is 4.20. The number of hydrogen-bond acceptors (Lipinski definition) is 4. The van der Waals surface area contributed by atoms with Gasteiger partial charge in [0.15, 0.2) is 5.65 Å². The Morgan fingerprint density at radius 2 is 1.97 bits per heavy atom. The van der Waals surface area contributed by atoms with Crippen molar-refractivity contribution in [3.8, 4) is 22.5 Å². The summed E-state index contributed by atoms with van der Waals surface area (Å²) in [6.45, 7) is 2.04. The van der Waals surface area contributed by atoms with Gasteiger partial charge in [-0.15, -0.1) is 0 Å². The van der Waals surface area contributed by atoms with E-state index in [2.05, 4.69) is 39.2 Å². The van der Waals surface area contributed by atoms with Crippen LogP contribution in [0.4, 0.5) is 0 Å². The van der Waals surface area contributed by atoms with E-state index in [0.29, 0.717) is 6.04 Å². The van der Waals surface area contributed by atoms with Crippen molar-refractivity contribution in [1.82, 2.24) is 29.4 Å². The van der Waals surface area contributed by atoms with Crippen molar-refractivity contribution in [1.29, 1.82) is 0 Å². The molecule has 29 heavy (non-hydrogen) atoms. The Balaban J connectivity index is 1.59. The largest absolute Gasteiger partial charge is 0.265 e. The van der Waals surface area contributed by atoms with Crippen molar-refractivity contribution < 1.29 is 0 Å². The first-order valence-electron chi connectivity index (χ1n) is 10.6. The lowest BCUT2D eigenvalue weighted by Gasteiger charge is -2.36. The zero-order chi connectivity index (χ0) is 19.4. The first-order chi connectivity index (χ1) is 14.3. The Morgan fingerprint density at radius 1 is 1.03 bits per heavy atom. The predicted octanol–water partition coefficient (Wildman–Crippen LogP) is 4.64. The van der Waals surface area contributed by atoms with E-state index in [1.165, 1.54) is 43.4 Å². The van der Waals surface area contributed by atoms with Gasteiger partial charge < -0.3 is 0 Å². The van der Waals surface area contributed by atoms with Gasteiger partial charge in [0.05, 0.1) is 11.7 Å². The van der Waals surface area contributed by atoms with Crippen LogP contribution in [0.2, 0.25) is 0 Å². The van der Waals surface area contributed by atoms with Crippen LogP contribution in [0.15, 0.2) is 42.9 Å². The van der Waals surface area contributed by atoms with E-state index >= 15 is 0 Å². The fourth-order valence-corrected chi connectivity index (χ4v) is 5.27. The zero-order valence-electron chi connectivity index (χ0n) is 16.6. The molecule has 146 valence electrons. The van der Waals surface area contributed by atoms with Gasteiger partial charge in [0, 0.05) is 28.7 Å². The van der Waals surface area contributed by atoms with Crippen molar-refractivity contribution in [3.05, 3.63) is 54.2 Å². The molecule has 0 amide bonds. The van der Waals surface area contributed by atoms with Crippen LogP contribution in [0.3, 0.4) is 0 Å². The molecule has 0 radical (unpaired) electrons. The molecule has 0 N–H and O–H groups in total. The van der Waals surface area contributed by atoms with Gasteiger partial charge in [-0.3, -0.25) is 9.67 Å². The highest BCUT2D eigenvalue weighted by molar-refractivity contribution is 5.81. The minimum atomic E-state index is 0.528. The summed E-state index contributed by atoms with van der Waals surface area (Å²) in [7, 11) is 0. The van der Waals surface area contributed by atoms with Crippen LogP contribution in [-0.2, 0) is 6.42 Å². The lowest BCUT2D eigenvalue weighted by molar-refractivity contribution is 0.185. The first-order valence-corrected chi connectivity index (χ1v) is 10.6. The smallest absolute Gasteiger partial charge is 0.155 e. The van der Waals surface area contributed by atoms with Crippen LogP contribution < -0.4 is 0 Å². The summed E-state index contributed by atoms with van der Waals surface area (Å²) >= 11 is 0. The second-order valence-electron chi connectivity index (χ2n) is 8.41. The quantitative estimate of drug-likeness (QED) is 0.505. The molecule has 2 atom stereocenters. The predicted molar refractivity (Wildman–Crippen MR) is 111 cm³/mol. The molecule has 4 aromatic heterocycles. The van der Waals surface area contributed by atoms with Crippen LogP contribution in [0.5, 0.6) is 0 Å². The number of fused-ring (bicyclic) bond motifs is 4. The zero-order valence-corrected chi connectivity index (χ0v) is 16.6. The Hall–Kier alpha value is -3.02. The molecule has 0 saturated heterocycles. The van der Waals surface area contributed by atoms with Gasteiger partial charge in [-0.25, -0.2) is 9.50 Å².